The van der Waals surface area contributed by atoms with E-state index in [4.69, 9.17) is 5.84 Å². The molecule has 0 fully saturated rings. The molecule has 0 aliphatic rings. The zero-order valence-corrected chi connectivity index (χ0v) is 11.0. The van der Waals surface area contributed by atoms with Gasteiger partial charge >= 0.3 is 0 Å². The van der Waals surface area contributed by atoms with E-state index >= 15 is 0 Å². The van der Waals surface area contributed by atoms with Gasteiger partial charge in [-0.05, 0) is 42.5 Å². The molecular formula is C14H23FN2. The second kappa shape index (κ2) is 6.72. The van der Waals surface area contributed by atoms with Crippen LogP contribution in [0.15, 0.2) is 18.2 Å². The van der Waals surface area contributed by atoms with Crippen LogP contribution in [0.4, 0.5) is 4.39 Å². The van der Waals surface area contributed by atoms with Crippen LogP contribution in [0, 0.1) is 18.7 Å². The predicted octanol–water partition coefficient (Wildman–Crippen LogP) is 3.46. The Labute approximate surface area is 103 Å². The fourth-order valence-corrected chi connectivity index (χ4v) is 2.09. The first-order chi connectivity index (χ1) is 8.04. The zero-order valence-electron chi connectivity index (χ0n) is 11.0. The van der Waals surface area contributed by atoms with E-state index in [1.165, 1.54) is 12.5 Å². The molecule has 0 saturated heterocycles. The number of hydrogen-bond acceptors (Lipinski definition) is 2. The Kier molecular flexibility index (Phi) is 5.59. The van der Waals surface area contributed by atoms with Crippen molar-refractivity contribution in [2.45, 2.75) is 46.1 Å². The number of benzene rings is 1. The van der Waals surface area contributed by atoms with Gasteiger partial charge in [0.2, 0.25) is 0 Å². The van der Waals surface area contributed by atoms with Crippen molar-refractivity contribution >= 4 is 0 Å². The number of nitrogens with two attached hydrogens (primary N) is 1. The molecule has 0 radical (unpaired) electrons. The highest BCUT2D eigenvalue weighted by molar-refractivity contribution is 5.29. The van der Waals surface area contributed by atoms with E-state index in [1.54, 1.807) is 6.07 Å². The smallest absolute Gasteiger partial charge is 0.123 e. The lowest BCUT2D eigenvalue weighted by Gasteiger charge is -2.19. The molecule has 96 valence electrons. The largest absolute Gasteiger partial charge is 0.271 e. The monoisotopic (exact) mass is 238 g/mol. The molecule has 1 unspecified atom stereocenters. The number of hydrazine groups is 1. The molecule has 2 nitrogen and oxygen atoms in total. The van der Waals surface area contributed by atoms with Crippen molar-refractivity contribution in [2.75, 3.05) is 0 Å². The van der Waals surface area contributed by atoms with Crippen molar-refractivity contribution in [3.63, 3.8) is 0 Å². The van der Waals surface area contributed by atoms with Gasteiger partial charge in [0.1, 0.15) is 5.82 Å². The quantitative estimate of drug-likeness (QED) is 0.588. The van der Waals surface area contributed by atoms with E-state index in [0.717, 1.165) is 24.0 Å². The number of hydrogen-bond donors (Lipinski definition) is 2. The van der Waals surface area contributed by atoms with Crippen LogP contribution in [0.3, 0.4) is 0 Å². The van der Waals surface area contributed by atoms with Gasteiger partial charge in [-0.25, -0.2) is 4.39 Å². The molecule has 0 aromatic heterocycles. The van der Waals surface area contributed by atoms with E-state index in [-0.39, 0.29) is 11.9 Å². The number of nitrogens with one attached hydrogen (secondary N) is 1. The van der Waals surface area contributed by atoms with E-state index < -0.39 is 0 Å². The first kappa shape index (κ1) is 14.1. The average Bonchev–Trinajstić information content (AvgIpc) is 2.25. The molecule has 17 heavy (non-hydrogen) atoms. The third kappa shape index (κ3) is 4.44. The first-order valence-electron chi connectivity index (χ1n) is 6.26. The Morgan fingerprint density at radius 3 is 2.53 bits per heavy atom. The Bertz CT molecular complexity index is 350. The Morgan fingerprint density at radius 1 is 1.29 bits per heavy atom. The van der Waals surface area contributed by atoms with Gasteiger partial charge in [0, 0.05) is 6.04 Å². The molecule has 0 saturated carbocycles. The minimum absolute atomic E-state index is 0.120. The van der Waals surface area contributed by atoms with Crippen LogP contribution >= 0.6 is 0 Å². The lowest BCUT2D eigenvalue weighted by molar-refractivity contribution is 0.453. The summed E-state index contributed by atoms with van der Waals surface area (Å²) in [4.78, 5) is 0. The van der Waals surface area contributed by atoms with Crippen LogP contribution in [-0.4, -0.2) is 0 Å². The SMILES string of the molecule is Cc1cc(F)ccc1C(CCCC(C)C)NN. The molecule has 0 heterocycles. The van der Waals surface area contributed by atoms with Crippen LogP contribution in [0.2, 0.25) is 0 Å². The molecule has 0 bridgehead atoms. The summed E-state index contributed by atoms with van der Waals surface area (Å²) in [5.74, 6) is 6.11. The lowest BCUT2D eigenvalue weighted by atomic mass is 9.95. The average molecular weight is 238 g/mol. The molecule has 3 heteroatoms. The normalized spacial score (nSPS) is 13.1. The van der Waals surface area contributed by atoms with Crippen LogP contribution in [0.25, 0.3) is 0 Å². The highest BCUT2D eigenvalue weighted by Crippen LogP contribution is 2.23. The van der Waals surface area contributed by atoms with Gasteiger partial charge in [-0.15, -0.1) is 0 Å². The third-order valence-electron chi connectivity index (χ3n) is 3.08. The van der Waals surface area contributed by atoms with Gasteiger partial charge in [0.25, 0.3) is 0 Å². The maximum atomic E-state index is 13.0. The Morgan fingerprint density at radius 2 is 2.00 bits per heavy atom. The third-order valence-corrected chi connectivity index (χ3v) is 3.08. The molecule has 1 atom stereocenters. The molecule has 1 rings (SSSR count). The summed E-state index contributed by atoms with van der Waals surface area (Å²) < 4.78 is 13.0. The van der Waals surface area contributed by atoms with Gasteiger partial charge < -0.3 is 0 Å². The number of aryl methyl sites for hydroxylation is 1. The molecule has 3 N–H and O–H groups in total. The van der Waals surface area contributed by atoms with Crippen LogP contribution in [0.1, 0.15) is 50.3 Å². The van der Waals surface area contributed by atoms with Gasteiger partial charge in [0.15, 0.2) is 0 Å². The number of halogens is 1. The fourth-order valence-electron chi connectivity index (χ4n) is 2.09. The fraction of sp³-hybridized carbons (Fsp3) is 0.571. The lowest BCUT2D eigenvalue weighted by Crippen LogP contribution is -2.28. The molecule has 0 aliphatic heterocycles. The van der Waals surface area contributed by atoms with Crippen LogP contribution < -0.4 is 11.3 Å². The maximum absolute atomic E-state index is 13.0. The summed E-state index contributed by atoms with van der Waals surface area (Å²) in [5, 5.41) is 0. The van der Waals surface area contributed by atoms with Crippen LogP contribution in [0.5, 0.6) is 0 Å². The van der Waals surface area contributed by atoms with E-state index in [0.29, 0.717) is 5.92 Å². The van der Waals surface area contributed by atoms with Gasteiger partial charge in [-0.3, -0.25) is 11.3 Å². The molecule has 0 spiro atoms. The van der Waals surface area contributed by atoms with Crippen molar-refractivity contribution in [3.8, 4) is 0 Å². The van der Waals surface area contributed by atoms with Crippen molar-refractivity contribution in [3.05, 3.63) is 35.1 Å². The standard InChI is InChI=1S/C14H23FN2/c1-10(2)5-4-6-14(17-16)13-8-7-12(15)9-11(13)3/h7-10,14,17H,4-6,16H2,1-3H3. The van der Waals surface area contributed by atoms with Crippen LogP contribution in [-0.2, 0) is 0 Å². The number of rotatable bonds is 6. The topological polar surface area (TPSA) is 38.0 Å². The molecule has 0 amide bonds. The van der Waals surface area contributed by atoms with Crippen molar-refractivity contribution < 1.29 is 4.39 Å². The van der Waals surface area contributed by atoms with E-state index in [1.807, 2.05) is 13.0 Å². The Balaban J connectivity index is 2.66. The second-order valence-electron chi connectivity index (χ2n) is 5.04. The van der Waals surface area contributed by atoms with E-state index in [2.05, 4.69) is 19.3 Å². The minimum Gasteiger partial charge on any atom is -0.271 e. The summed E-state index contributed by atoms with van der Waals surface area (Å²) in [6.07, 6.45) is 3.31. The highest BCUT2D eigenvalue weighted by Gasteiger charge is 2.12. The summed E-state index contributed by atoms with van der Waals surface area (Å²) in [6, 6.07) is 5.00. The molecule has 1 aromatic carbocycles. The highest BCUT2D eigenvalue weighted by atomic mass is 19.1. The van der Waals surface area contributed by atoms with Gasteiger partial charge in [-0.1, -0.05) is 32.8 Å². The second-order valence-corrected chi connectivity index (χ2v) is 5.04. The molecule has 0 aliphatic carbocycles. The first-order valence-corrected chi connectivity index (χ1v) is 6.26. The molecule has 1 aromatic rings. The summed E-state index contributed by atoms with van der Waals surface area (Å²) in [6.45, 7) is 6.35. The predicted molar refractivity (Wildman–Crippen MR) is 69.9 cm³/mol. The van der Waals surface area contributed by atoms with Crippen molar-refractivity contribution in [2.24, 2.45) is 11.8 Å². The Hall–Kier alpha value is -0.930. The summed E-state index contributed by atoms with van der Waals surface area (Å²) in [5.41, 5.74) is 4.88. The summed E-state index contributed by atoms with van der Waals surface area (Å²) in [7, 11) is 0. The summed E-state index contributed by atoms with van der Waals surface area (Å²) >= 11 is 0. The van der Waals surface area contributed by atoms with Gasteiger partial charge in [0.05, 0.1) is 0 Å². The zero-order chi connectivity index (χ0) is 12.8. The minimum atomic E-state index is -0.191. The molecular weight excluding hydrogens is 215 g/mol. The van der Waals surface area contributed by atoms with Crippen molar-refractivity contribution in [1.29, 1.82) is 0 Å². The maximum Gasteiger partial charge on any atom is 0.123 e. The van der Waals surface area contributed by atoms with Gasteiger partial charge in [-0.2, -0.15) is 0 Å². The van der Waals surface area contributed by atoms with E-state index in [9.17, 15) is 4.39 Å². The van der Waals surface area contributed by atoms with Crippen molar-refractivity contribution in [1.82, 2.24) is 5.43 Å².